The van der Waals surface area contributed by atoms with Crippen LogP contribution in [0.15, 0.2) is 48.1 Å². The molecule has 0 aromatic carbocycles. The monoisotopic (exact) mass is 290 g/mol. The SMILES string of the molecule is COC(C)(C=O)OC.FC(F)(F)C1=C/C=C\C=C/C=C1. The molecular weight excluding hydrogens is 273 g/mol. The molecular formula is C14H17F3O3. The van der Waals surface area contributed by atoms with Crippen LogP contribution in [-0.4, -0.2) is 32.5 Å². The van der Waals surface area contributed by atoms with Crippen molar-refractivity contribution in [2.24, 2.45) is 0 Å². The number of allylic oxidation sites excluding steroid dienone is 8. The third-order valence-corrected chi connectivity index (χ3v) is 2.35. The van der Waals surface area contributed by atoms with E-state index in [0.29, 0.717) is 6.29 Å². The molecule has 0 heterocycles. The molecule has 0 aliphatic heterocycles. The molecule has 0 unspecified atom stereocenters. The summed E-state index contributed by atoms with van der Waals surface area (Å²) >= 11 is 0. The first-order valence-electron chi connectivity index (χ1n) is 5.64. The van der Waals surface area contributed by atoms with Crippen LogP contribution in [0.2, 0.25) is 0 Å². The van der Waals surface area contributed by atoms with Crippen molar-refractivity contribution >= 4 is 6.29 Å². The predicted molar refractivity (Wildman–Crippen MR) is 70.0 cm³/mol. The van der Waals surface area contributed by atoms with Gasteiger partial charge < -0.3 is 9.47 Å². The highest BCUT2D eigenvalue weighted by atomic mass is 19.4. The third kappa shape index (κ3) is 7.06. The molecule has 1 aliphatic rings. The molecule has 0 amide bonds. The molecule has 0 spiro atoms. The lowest BCUT2D eigenvalue weighted by atomic mass is 10.2. The van der Waals surface area contributed by atoms with Gasteiger partial charge in [0, 0.05) is 14.2 Å². The zero-order valence-electron chi connectivity index (χ0n) is 11.5. The van der Waals surface area contributed by atoms with Crippen molar-refractivity contribution in [1.29, 1.82) is 0 Å². The average Bonchev–Trinajstić information content (AvgIpc) is 2.36. The first kappa shape index (κ1) is 18.3. The topological polar surface area (TPSA) is 35.5 Å². The lowest BCUT2D eigenvalue weighted by molar-refractivity contribution is -0.186. The molecule has 0 saturated carbocycles. The highest BCUT2D eigenvalue weighted by Crippen LogP contribution is 2.26. The van der Waals surface area contributed by atoms with Crippen molar-refractivity contribution in [3.8, 4) is 0 Å². The Morgan fingerprint density at radius 1 is 1.00 bits per heavy atom. The Hall–Kier alpha value is -1.66. The highest BCUT2D eigenvalue weighted by molar-refractivity contribution is 5.59. The van der Waals surface area contributed by atoms with Crippen LogP contribution in [0.5, 0.6) is 0 Å². The number of hydrogen-bond donors (Lipinski definition) is 0. The number of carbonyl (C=O) groups excluding carboxylic acids is 1. The fraction of sp³-hybridized carbons (Fsp3) is 0.357. The second-order valence-electron chi connectivity index (χ2n) is 3.79. The third-order valence-electron chi connectivity index (χ3n) is 2.35. The molecule has 0 radical (unpaired) electrons. The van der Waals surface area contributed by atoms with Crippen molar-refractivity contribution < 1.29 is 27.4 Å². The number of ether oxygens (including phenoxy) is 2. The van der Waals surface area contributed by atoms with Gasteiger partial charge in [-0.05, 0) is 6.92 Å². The zero-order valence-corrected chi connectivity index (χ0v) is 11.5. The fourth-order valence-corrected chi connectivity index (χ4v) is 0.935. The van der Waals surface area contributed by atoms with E-state index in [1.165, 1.54) is 26.4 Å². The van der Waals surface area contributed by atoms with Crippen LogP contribution >= 0.6 is 0 Å². The van der Waals surface area contributed by atoms with Gasteiger partial charge in [-0.1, -0.05) is 42.5 Å². The second-order valence-corrected chi connectivity index (χ2v) is 3.79. The maximum Gasteiger partial charge on any atom is 0.416 e. The summed E-state index contributed by atoms with van der Waals surface area (Å²) < 4.78 is 45.5. The molecule has 1 rings (SSSR count). The van der Waals surface area contributed by atoms with Gasteiger partial charge in [0.2, 0.25) is 5.79 Å². The van der Waals surface area contributed by atoms with Crippen LogP contribution in [0.1, 0.15) is 6.92 Å². The van der Waals surface area contributed by atoms with Crippen molar-refractivity contribution in [2.45, 2.75) is 18.9 Å². The van der Waals surface area contributed by atoms with Crippen LogP contribution in [0.4, 0.5) is 13.2 Å². The number of carbonyl (C=O) groups is 1. The van der Waals surface area contributed by atoms with Crippen molar-refractivity contribution in [2.75, 3.05) is 14.2 Å². The minimum atomic E-state index is -4.26. The highest BCUT2D eigenvalue weighted by Gasteiger charge is 2.30. The molecule has 1 aliphatic carbocycles. The van der Waals surface area contributed by atoms with Gasteiger partial charge in [0.15, 0.2) is 6.29 Å². The second kappa shape index (κ2) is 8.50. The first-order chi connectivity index (χ1) is 9.29. The summed E-state index contributed by atoms with van der Waals surface area (Å²) in [6, 6.07) is 0. The molecule has 0 saturated heterocycles. The largest absolute Gasteiger partial charge is 0.416 e. The lowest BCUT2D eigenvalue weighted by Gasteiger charge is -2.17. The van der Waals surface area contributed by atoms with Gasteiger partial charge >= 0.3 is 6.18 Å². The van der Waals surface area contributed by atoms with Crippen molar-refractivity contribution in [3.63, 3.8) is 0 Å². The van der Waals surface area contributed by atoms with Gasteiger partial charge in [-0.3, -0.25) is 4.79 Å². The molecule has 6 heteroatoms. The Morgan fingerprint density at radius 3 is 1.90 bits per heavy atom. The maximum absolute atomic E-state index is 12.1. The van der Waals surface area contributed by atoms with E-state index in [9.17, 15) is 18.0 Å². The maximum atomic E-state index is 12.1. The minimum Gasteiger partial charge on any atom is -0.347 e. The van der Waals surface area contributed by atoms with Gasteiger partial charge in [0.1, 0.15) is 0 Å². The smallest absolute Gasteiger partial charge is 0.347 e. The van der Waals surface area contributed by atoms with E-state index in [1.807, 2.05) is 0 Å². The van der Waals surface area contributed by atoms with E-state index in [-0.39, 0.29) is 0 Å². The zero-order chi connectivity index (χ0) is 15.6. The van der Waals surface area contributed by atoms with E-state index >= 15 is 0 Å². The number of methoxy groups -OCH3 is 2. The standard InChI is InChI=1S/C9H7F3.C5H10O3/c10-9(11,12)8-6-4-2-1-3-5-7-8;1-5(4-6,7-2)8-3/h1-7H;4H,1-3H3/b2-1-,3-1?,4-2?,5-3-,6-4?,7-5?,8-6?,8-7?;. The molecule has 0 fully saturated rings. The summed E-state index contributed by atoms with van der Waals surface area (Å²) in [5.41, 5.74) is -0.636. The van der Waals surface area contributed by atoms with Gasteiger partial charge in [-0.25, -0.2) is 0 Å². The Kier molecular flexibility index (Phi) is 7.79. The first-order valence-corrected chi connectivity index (χ1v) is 5.64. The number of halogens is 3. The summed E-state index contributed by atoms with van der Waals surface area (Å²) in [6.07, 6.45) is 5.93. The number of alkyl halides is 3. The van der Waals surface area contributed by atoms with Gasteiger partial charge in [-0.15, -0.1) is 0 Å². The van der Waals surface area contributed by atoms with Crippen molar-refractivity contribution in [3.05, 3.63) is 48.1 Å². The van der Waals surface area contributed by atoms with Crippen molar-refractivity contribution in [1.82, 2.24) is 0 Å². The van der Waals surface area contributed by atoms with E-state index in [2.05, 4.69) is 9.47 Å². The minimum absolute atomic E-state index is 0.604. The lowest BCUT2D eigenvalue weighted by Crippen LogP contribution is -2.30. The summed E-state index contributed by atoms with van der Waals surface area (Å²) in [5.74, 6) is -1.06. The van der Waals surface area contributed by atoms with Gasteiger partial charge in [0.25, 0.3) is 0 Å². The number of aldehydes is 1. The van der Waals surface area contributed by atoms with E-state index in [1.54, 1.807) is 25.2 Å². The fourth-order valence-electron chi connectivity index (χ4n) is 0.935. The van der Waals surface area contributed by atoms with E-state index < -0.39 is 17.5 Å². The van der Waals surface area contributed by atoms with Crippen LogP contribution in [0, 0.1) is 0 Å². The average molecular weight is 290 g/mol. The molecule has 20 heavy (non-hydrogen) atoms. The normalized spacial score (nSPS) is 18.0. The van der Waals surface area contributed by atoms with Crippen LogP contribution < -0.4 is 0 Å². The Balaban J connectivity index is 0.000000396. The molecule has 0 atom stereocenters. The van der Waals surface area contributed by atoms with Gasteiger partial charge in [-0.2, -0.15) is 13.2 Å². The Bertz CT molecular complexity index is 414. The molecule has 3 nitrogen and oxygen atoms in total. The molecule has 0 aromatic rings. The van der Waals surface area contributed by atoms with E-state index in [4.69, 9.17) is 0 Å². The molecule has 0 bridgehead atoms. The Morgan fingerprint density at radius 2 is 1.50 bits per heavy atom. The van der Waals surface area contributed by atoms with Crippen LogP contribution in [-0.2, 0) is 14.3 Å². The summed E-state index contributed by atoms with van der Waals surface area (Å²) in [4.78, 5) is 10.0. The Labute approximate surface area is 116 Å². The summed E-state index contributed by atoms with van der Waals surface area (Å²) in [6.45, 7) is 1.54. The number of hydrogen-bond acceptors (Lipinski definition) is 3. The predicted octanol–water partition coefficient (Wildman–Crippen LogP) is 3.35. The molecule has 0 N–H and O–H groups in total. The molecule has 112 valence electrons. The quantitative estimate of drug-likeness (QED) is 0.590. The number of rotatable bonds is 3. The molecule has 0 aromatic heterocycles. The van der Waals surface area contributed by atoms with Gasteiger partial charge in [0.05, 0.1) is 5.57 Å². The summed E-state index contributed by atoms with van der Waals surface area (Å²) in [7, 11) is 2.83. The van der Waals surface area contributed by atoms with Crippen LogP contribution in [0.3, 0.4) is 0 Å². The van der Waals surface area contributed by atoms with Crippen LogP contribution in [0.25, 0.3) is 0 Å². The summed E-state index contributed by atoms with van der Waals surface area (Å²) in [5, 5.41) is 0. The van der Waals surface area contributed by atoms with E-state index in [0.717, 1.165) is 12.2 Å².